The Morgan fingerprint density at radius 3 is 2.67 bits per heavy atom. The molecule has 2 atom stereocenters. The number of nitrogens with two attached hydrogens (primary N) is 1. The molecule has 1 heterocycles. The molecule has 0 radical (unpaired) electrons. The molecule has 2 rings (SSSR count). The summed E-state index contributed by atoms with van der Waals surface area (Å²) in [5.74, 6) is 6.42. The van der Waals surface area contributed by atoms with E-state index in [1.54, 1.807) is 6.07 Å². The van der Waals surface area contributed by atoms with Gasteiger partial charge in [-0.3, -0.25) is 0 Å². The van der Waals surface area contributed by atoms with E-state index in [4.69, 9.17) is 29.0 Å². The molecular weight excluding hydrogens is 291 g/mol. The average Bonchev–Trinajstić information content (AvgIpc) is 2.80. The summed E-state index contributed by atoms with van der Waals surface area (Å²) in [7, 11) is 0. The number of pyridine rings is 1. The molecule has 0 amide bonds. The lowest BCUT2D eigenvalue weighted by Gasteiger charge is -2.16. The van der Waals surface area contributed by atoms with E-state index in [1.807, 2.05) is 11.8 Å². The molecule has 1 fully saturated rings. The quantitative estimate of drug-likeness (QED) is 0.588. The van der Waals surface area contributed by atoms with E-state index in [0.29, 0.717) is 27.7 Å². The van der Waals surface area contributed by atoms with Gasteiger partial charge in [-0.05, 0) is 31.6 Å². The summed E-state index contributed by atoms with van der Waals surface area (Å²) < 4.78 is 0. The van der Waals surface area contributed by atoms with Gasteiger partial charge in [0.15, 0.2) is 5.82 Å². The van der Waals surface area contributed by atoms with Gasteiger partial charge in [-0.25, -0.2) is 10.8 Å². The summed E-state index contributed by atoms with van der Waals surface area (Å²) in [6.45, 7) is 0. The van der Waals surface area contributed by atoms with Crippen LogP contribution in [0.25, 0.3) is 0 Å². The van der Waals surface area contributed by atoms with Gasteiger partial charge in [0.25, 0.3) is 0 Å². The highest BCUT2D eigenvalue weighted by Gasteiger charge is 2.24. The van der Waals surface area contributed by atoms with Crippen molar-refractivity contribution in [1.29, 1.82) is 0 Å². The van der Waals surface area contributed by atoms with E-state index in [0.717, 1.165) is 18.1 Å². The van der Waals surface area contributed by atoms with E-state index < -0.39 is 0 Å². The van der Waals surface area contributed by atoms with Crippen LogP contribution in [0, 0.1) is 0 Å². The molecule has 1 aliphatic rings. The lowest BCUT2D eigenvalue weighted by molar-refractivity contribution is 0.752. The van der Waals surface area contributed by atoms with E-state index in [2.05, 4.69) is 22.0 Å². The third kappa shape index (κ3) is 3.15. The molecule has 0 aromatic carbocycles. The molecule has 2 unspecified atom stereocenters. The van der Waals surface area contributed by atoms with Crippen molar-refractivity contribution in [2.24, 2.45) is 5.84 Å². The van der Waals surface area contributed by atoms with Gasteiger partial charge in [0.05, 0.1) is 10.0 Å². The Labute approximate surface area is 121 Å². The number of anilines is 2. The van der Waals surface area contributed by atoms with Crippen molar-refractivity contribution in [1.82, 2.24) is 4.98 Å². The van der Waals surface area contributed by atoms with Crippen molar-refractivity contribution in [2.75, 3.05) is 17.0 Å². The van der Waals surface area contributed by atoms with Crippen molar-refractivity contribution in [3.05, 3.63) is 16.1 Å². The first-order chi connectivity index (χ1) is 8.63. The first-order valence-electron chi connectivity index (χ1n) is 5.76. The smallest absolute Gasteiger partial charge is 0.161 e. The number of nitrogens with zero attached hydrogens (tertiary/aromatic N) is 1. The Kier molecular flexibility index (Phi) is 4.84. The SMILES string of the molecule is CSC1CCC(Nc2nc(NN)c(Cl)cc2Cl)C1. The highest BCUT2D eigenvalue weighted by Crippen LogP contribution is 2.33. The largest absolute Gasteiger partial charge is 0.366 e. The van der Waals surface area contributed by atoms with Crippen molar-refractivity contribution < 1.29 is 0 Å². The Bertz CT molecular complexity index is 430. The maximum absolute atomic E-state index is 6.12. The Morgan fingerprint density at radius 1 is 1.33 bits per heavy atom. The summed E-state index contributed by atoms with van der Waals surface area (Å²) in [5.41, 5.74) is 2.46. The van der Waals surface area contributed by atoms with E-state index in [-0.39, 0.29) is 0 Å². The lowest BCUT2D eigenvalue weighted by atomic mass is 10.2. The van der Waals surface area contributed by atoms with E-state index in [9.17, 15) is 0 Å². The van der Waals surface area contributed by atoms with Crippen LogP contribution in [0.3, 0.4) is 0 Å². The number of rotatable bonds is 4. The molecule has 1 aromatic heterocycles. The molecule has 100 valence electrons. The third-order valence-corrected chi connectivity index (χ3v) is 4.80. The first-order valence-corrected chi connectivity index (χ1v) is 7.80. The zero-order valence-electron chi connectivity index (χ0n) is 10.0. The summed E-state index contributed by atoms with van der Waals surface area (Å²) in [6.07, 6.45) is 5.65. The predicted octanol–water partition coefficient (Wildman–Crippen LogP) is 3.37. The number of thioether (sulfide) groups is 1. The normalized spacial score (nSPS) is 23.1. The molecule has 4 nitrogen and oxygen atoms in total. The topological polar surface area (TPSA) is 63.0 Å². The maximum atomic E-state index is 6.12. The van der Waals surface area contributed by atoms with Gasteiger partial charge in [0.1, 0.15) is 5.82 Å². The molecule has 18 heavy (non-hydrogen) atoms. The zero-order chi connectivity index (χ0) is 13.1. The highest BCUT2D eigenvalue weighted by atomic mass is 35.5. The van der Waals surface area contributed by atoms with Gasteiger partial charge in [0.2, 0.25) is 0 Å². The fourth-order valence-corrected chi connectivity index (χ4v) is 3.41. The summed E-state index contributed by atoms with van der Waals surface area (Å²) in [4.78, 5) is 4.29. The third-order valence-electron chi connectivity index (χ3n) is 3.12. The average molecular weight is 307 g/mol. The number of aromatic nitrogens is 1. The van der Waals surface area contributed by atoms with Gasteiger partial charge in [-0.2, -0.15) is 11.8 Å². The van der Waals surface area contributed by atoms with Crippen LogP contribution in [0.4, 0.5) is 11.6 Å². The van der Waals surface area contributed by atoms with Gasteiger partial charge >= 0.3 is 0 Å². The number of hydrazine groups is 1. The van der Waals surface area contributed by atoms with Crippen LogP contribution in [-0.2, 0) is 0 Å². The second kappa shape index (κ2) is 6.19. The number of nitrogen functional groups attached to an aromatic ring is 1. The standard InChI is InChI=1S/C11H16Cl2N4S/c1-18-7-3-2-6(4-7)15-10-8(12)5-9(13)11(16-10)17-14/h5-7H,2-4,14H2,1H3,(H2,15,16,17). The van der Waals surface area contributed by atoms with Crippen LogP contribution in [0.1, 0.15) is 19.3 Å². The number of hydrogen-bond acceptors (Lipinski definition) is 5. The van der Waals surface area contributed by atoms with Gasteiger partial charge < -0.3 is 10.7 Å². The second-order valence-corrected chi connectivity index (χ2v) is 6.26. The predicted molar refractivity (Wildman–Crippen MR) is 80.6 cm³/mol. The lowest BCUT2D eigenvalue weighted by Crippen LogP contribution is -2.18. The minimum absolute atomic E-state index is 0.416. The fourth-order valence-electron chi connectivity index (χ4n) is 2.15. The van der Waals surface area contributed by atoms with Crippen LogP contribution in [0.5, 0.6) is 0 Å². The zero-order valence-corrected chi connectivity index (χ0v) is 12.4. The second-order valence-electron chi connectivity index (χ2n) is 4.31. The van der Waals surface area contributed by atoms with Crippen LogP contribution in [0.15, 0.2) is 6.07 Å². The molecule has 0 saturated heterocycles. The summed E-state index contributed by atoms with van der Waals surface area (Å²) in [5, 5.41) is 5.03. The van der Waals surface area contributed by atoms with Crippen molar-refractivity contribution in [3.8, 4) is 0 Å². The first kappa shape index (κ1) is 14.1. The maximum Gasteiger partial charge on any atom is 0.161 e. The fraction of sp³-hybridized carbons (Fsp3) is 0.545. The Balaban J connectivity index is 2.09. The Morgan fingerprint density at radius 2 is 2.06 bits per heavy atom. The van der Waals surface area contributed by atoms with Crippen LogP contribution >= 0.6 is 35.0 Å². The van der Waals surface area contributed by atoms with Gasteiger partial charge in [0, 0.05) is 11.3 Å². The highest BCUT2D eigenvalue weighted by molar-refractivity contribution is 7.99. The summed E-state index contributed by atoms with van der Waals surface area (Å²) >= 11 is 14.0. The van der Waals surface area contributed by atoms with Gasteiger partial charge in [-0.1, -0.05) is 23.2 Å². The Hall–Kier alpha value is -0.360. The molecule has 0 bridgehead atoms. The van der Waals surface area contributed by atoms with Crippen LogP contribution in [0.2, 0.25) is 10.0 Å². The molecule has 4 N–H and O–H groups in total. The monoisotopic (exact) mass is 306 g/mol. The molecule has 0 aliphatic heterocycles. The number of hydrogen-bond donors (Lipinski definition) is 3. The minimum Gasteiger partial charge on any atom is -0.366 e. The molecule has 7 heteroatoms. The molecular formula is C11H16Cl2N4S. The van der Waals surface area contributed by atoms with Gasteiger partial charge in [-0.15, -0.1) is 0 Å². The molecule has 1 saturated carbocycles. The van der Waals surface area contributed by atoms with Crippen molar-refractivity contribution >= 4 is 46.6 Å². The minimum atomic E-state index is 0.416. The summed E-state index contributed by atoms with van der Waals surface area (Å²) in [6, 6.07) is 2.06. The molecule has 1 aliphatic carbocycles. The van der Waals surface area contributed by atoms with Crippen molar-refractivity contribution in [3.63, 3.8) is 0 Å². The number of nitrogens with one attached hydrogen (secondary N) is 2. The molecule has 0 spiro atoms. The molecule has 1 aromatic rings. The van der Waals surface area contributed by atoms with Crippen molar-refractivity contribution in [2.45, 2.75) is 30.6 Å². The van der Waals surface area contributed by atoms with Crippen LogP contribution < -0.4 is 16.6 Å². The van der Waals surface area contributed by atoms with E-state index >= 15 is 0 Å². The number of halogens is 2. The van der Waals surface area contributed by atoms with E-state index in [1.165, 1.54) is 6.42 Å². The van der Waals surface area contributed by atoms with Crippen LogP contribution in [-0.4, -0.2) is 22.5 Å².